The molecule has 0 aromatic heterocycles. The second-order valence-electron chi connectivity index (χ2n) is 2.11. The summed E-state index contributed by atoms with van der Waals surface area (Å²) < 4.78 is 0. The molecule has 0 amide bonds. The molecule has 0 aliphatic rings. The molecule has 3 heteroatoms. The highest BCUT2D eigenvalue weighted by atomic mass is 16.6. The van der Waals surface area contributed by atoms with E-state index >= 15 is 0 Å². The Hall–Kier alpha value is -1.06. The van der Waals surface area contributed by atoms with Crippen LogP contribution < -0.4 is 11.2 Å². The first-order chi connectivity index (χ1) is 5.43. The minimum absolute atomic E-state index is 0.523. The Bertz CT molecular complexity index is 189. The number of rotatable bonds is 4. The molecule has 0 aliphatic carbocycles. The van der Waals surface area contributed by atoms with Crippen molar-refractivity contribution in [1.82, 2.24) is 0 Å². The van der Waals surface area contributed by atoms with Gasteiger partial charge in [-0.3, -0.25) is 10.3 Å². The van der Waals surface area contributed by atoms with E-state index in [4.69, 9.17) is 10.6 Å². The summed E-state index contributed by atoms with van der Waals surface area (Å²) in [4.78, 5) is 4.99. The molecular weight excluding hydrogens is 140 g/mol. The molecule has 1 aromatic carbocycles. The predicted molar refractivity (Wildman–Crippen MR) is 45.1 cm³/mol. The lowest BCUT2D eigenvalue weighted by Gasteiger charge is -2.04. The summed E-state index contributed by atoms with van der Waals surface area (Å²) in [6.07, 6.45) is 0. The van der Waals surface area contributed by atoms with E-state index in [0.717, 1.165) is 5.69 Å². The van der Waals surface area contributed by atoms with Crippen LogP contribution in [0.4, 0.5) is 5.69 Å². The predicted octanol–water partition coefficient (Wildman–Crippen LogP) is 0.989. The monoisotopic (exact) mass is 152 g/mol. The molecule has 0 unspecified atom stereocenters. The summed E-state index contributed by atoms with van der Waals surface area (Å²) >= 11 is 0. The molecule has 0 spiro atoms. The number of nitrogens with two attached hydrogens (primary N) is 1. The average molecular weight is 152 g/mol. The van der Waals surface area contributed by atoms with Crippen LogP contribution in [0.2, 0.25) is 0 Å². The number of para-hydroxylation sites is 1. The second kappa shape index (κ2) is 4.71. The zero-order valence-electron chi connectivity index (χ0n) is 6.29. The Morgan fingerprint density at radius 3 is 2.64 bits per heavy atom. The lowest BCUT2D eigenvalue weighted by Crippen LogP contribution is -2.11. The average Bonchev–Trinajstić information content (AvgIpc) is 2.07. The van der Waals surface area contributed by atoms with Crippen molar-refractivity contribution in [2.24, 2.45) is 5.73 Å². The summed E-state index contributed by atoms with van der Waals surface area (Å²) in [7, 11) is 0. The molecular formula is C8H12N2O. The van der Waals surface area contributed by atoms with E-state index in [-0.39, 0.29) is 0 Å². The normalized spacial score (nSPS) is 9.55. The summed E-state index contributed by atoms with van der Waals surface area (Å²) in [5.41, 5.74) is 8.94. The van der Waals surface area contributed by atoms with Gasteiger partial charge in [0.15, 0.2) is 0 Å². The maximum absolute atomic E-state index is 5.23. The minimum Gasteiger partial charge on any atom is -0.328 e. The van der Waals surface area contributed by atoms with Crippen LogP contribution in [0.1, 0.15) is 0 Å². The van der Waals surface area contributed by atoms with Gasteiger partial charge in [0, 0.05) is 6.54 Å². The van der Waals surface area contributed by atoms with Gasteiger partial charge >= 0.3 is 0 Å². The Morgan fingerprint density at radius 2 is 2.00 bits per heavy atom. The second-order valence-corrected chi connectivity index (χ2v) is 2.11. The number of hydrogen-bond donors (Lipinski definition) is 2. The fourth-order valence-corrected chi connectivity index (χ4v) is 0.699. The van der Waals surface area contributed by atoms with Gasteiger partial charge in [-0.2, -0.15) is 0 Å². The molecule has 0 radical (unpaired) electrons. The van der Waals surface area contributed by atoms with Gasteiger partial charge in [-0.15, -0.1) is 0 Å². The quantitative estimate of drug-likeness (QED) is 0.499. The van der Waals surface area contributed by atoms with Crippen LogP contribution in [0, 0.1) is 0 Å². The van der Waals surface area contributed by atoms with Crippen molar-refractivity contribution in [3.05, 3.63) is 30.3 Å². The maximum Gasteiger partial charge on any atom is 0.0868 e. The van der Waals surface area contributed by atoms with Crippen molar-refractivity contribution in [2.75, 3.05) is 18.6 Å². The molecule has 0 aliphatic heterocycles. The Kier molecular flexibility index (Phi) is 3.44. The summed E-state index contributed by atoms with van der Waals surface area (Å²) in [5, 5.41) is 0. The lowest BCUT2D eigenvalue weighted by molar-refractivity contribution is 0.202. The molecule has 3 N–H and O–H groups in total. The van der Waals surface area contributed by atoms with Crippen molar-refractivity contribution in [1.29, 1.82) is 0 Å². The van der Waals surface area contributed by atoms with Gasteiger partial charge in [-0.25, -0.2) is 0 Å². The van der Waals surface area contributed by atoms with Crippen molar-refractivity contribution in [3.8, 4) is 0 Å². The van der Waals surface area contributed by atoms with E-state index in [1.54, 1.807) is 0 Å². The van der Waals surface area contributed by atoms with Crippen molar-refractivity contribution >= 4 is 5.69 Å². The molecule has 0 heterocycles. The van der Waals surface area contributed by atoms with Gasteiger partial charge in [0.2, 0.25) is 0 Å². The van der Waals surface area contributed by atoms with E-state index in [2.05, 4.69) is 5.48 Å². The van der Waals surface area contributed by atoms with E-state index in [0.29, 0.717) is 13.2 Å². The van der Waals surface area contributed by atoms with Crippen LogP contribution in [0.5, 0.6) is 0 Å². The zero-order valence-corrected chi connectivity index (χ0v) is 6.29. The zero-order chi connectivity index (χ0) is 7.94. The number of benzene rings is 1. The largest absolute Gasteiger partial charge is 0.328 e. The third-order valence-electron chi connectivity index (χ3n) is 1.18. The molecule has 60 valence electrons. The van der Waals surface area contributed by atoms with Crippen LogP contribution in [-0.4, -0.2) is 13.2 Å². The SMILES string of the molecule is NCCONc1ccccc1. The van der Waals surface area contributed by atoms with Crippen LogP contribution in [0.3, 0.4) is 0 Å². The minimum atomic E-state index is 0.523. The fraction of sp³-hybridized carbons (Fsp3) is 0.250. The first-order valence-electron chi connectivity index (χ1n) is 3.56. The molecule has 1 aromatic rings. The van der Waals surface area contributed by atoms with Crippen LogP contribution in [0.15, 0.2) is 30.3 Å². The molecule has 11 heavy (non-hydrogen) atoms. The van der Waals surface area contributed by atoms with Crippen molar-refractivity contribution in [3.63, 3.8) is 0 Å². The van der Waals surface area contributed by atoms with Gasteiger partial charge in [0.25, 0.3) is 0 Å². The Labute approximate surface area is 66.1 Å². The first kappa shape index (κ1) is 8.04. The third kappa shape index (κ3) is 3.02. The Morgan fingerprint density at radius 1 is 1.27 bits per heavy atom. The van der Waals surface area contributed by atoms with E-state index in [1.807, 2.05) is 30.3 Å². The molecule has 0 atom stereocenters. The molecule has 0 saturated carbocycles. The molecule has 1 rings (SSSR count). The number of nitrogens with one attached hydrogen (secondary N) is 1. The van der Waals surface area contributed by atoms with E-state index in [9.17, 15) is 0 Å². The Balaban J connectivity index is 2.28. The van der Waals surface area contributed by atoms with E-state index < -0.39 is 0 Å². The van der Waals surface area contributed by atoms with Crippen molar-refractivity contribution in [2.45, 2.75) is 0 Å². The highest BCUT2D eigenvalue weighted by Gasteiger charge is 1.86. The molecule has 0 fully saturated rings. The number of hydrogen-bond acceptors (Lipinski definition) is 3. The van der Waals surface area contributed by atoms with Crippen LogP contribution in [-0.2, 0) is 4.84 Å². The summed E-state index contributed by atoms with van der Waals surface area (Å²) in [6.45, 7) is 1.05. The highest BCUT2D eigenvalue weighted by Crippen LogP contribution is 2.03. The van der Waals surface area contributed by atoms with E-state index in [1.165, 1.54) is 0 Å². The topological polar surface area (TPSA) is 47.3 Å². The molecule has 3 nitrogen and oxygen atoms in total. The van der Waals surface area contributed by atoms with Crippen LogP contribution >= 0.6 is 0 Å². The summed E-state index contributed by atoms with van der Waals surface area (Å²) in [5.74, 6) is 0. The van der Waals surface area contributed by atoms with Crippen molar-refractivity contribution < 1.29 is 4.84 Å². The first-order valence-corrected chi connectivity index (χ1v) is 3.56. The van der Waals surface area contributed by atoms with Crippen LogP contribution in [0.25, 0.3) is 0 Å². The molecule has 0 saturated heterocycles. The highest BCUT2D eigenvalue weighted by molar-refractivity contribution is 5.39. The lowest BCUT2D eigenvalue weighted by atomic mass is 10.3. The van der Waals surface area contributed by atoms with Gasteiger partial charge in [0.1, 0.15) is 0 Å². The maximum atomic E-state index is 5.23. The van der Waals surface area contributed by atoms with Gasteiger partial charge in [-0.05, 0) is 12.1 Å². The van der Waals surface area contributed by atoms with Gasteiger partial charge in [-0.1, -0.05) is 18.2 Å². The fourth-order valence-electron chi connectivity index (χ4n) is 0.699. The van der Waals surface area contributed by atoms with Gasteiger partial charge in [0.05, 0.1) is 12.3 Å². The van der Waals surface area contributed by atoms with Gasteiger partial charge < -0.3 is 5.73 Å². The third-order valence-corrected chi connectivity index (χ3v) is 1.18. The smallest absolute Gasteiger partial charge is 0.0868 e. The number of anilines is 1. The summed E-state index contributed by atoms with van der Waals surface area (Å²) in [6, 6.07) is 9.68. The molecule has 0 bridgehead atoms. The standard InChI is InChI=1S/C8H12N2O/c9-6-7-11-10-8-4-2-1-3-5-8/h1-5,10H,6-7,9H2.